The van der Waals surface area contributed by atoms with Crippen LogP contribution in [0.4, 0.5) is 4.79 Å². The lowest BCUT2D eigenvalue weighted by molar-refractivity contribution is 0.171. The molecule has 2 heterocycles. The summed E-state index contributed by atoms with van der Waals surface area (Å²) in [6.45, 7) is 5.22. The first-order valence-electron chi connectivity index (χ1n) is 10.1. The lowest BCUT2D eigenvalue weighted by atomic mass is 10.1. The molecule has 4 rings (SSSR count). The number of carbonyl (C=O) groups is 1. The molecule has 2 aliphatic heterocycles. The van der Waals surface area contributed by atoms with E-state index in [4.69, 9.17) is 21.1 Å². The highest BCUT2D eigenvalue weighted by atomic mass is 35.5. The van der Waals surface area contributed by atoms with Gasteiger partial charge in [-0.3, -0.25) is 4.90 Å². The second-order valence-electron chi connectivity index (χ2n) is 7.44. The number of amides is 2. The van der Waals surface area contributed by atoms with E-state index in [9.17, 15) is 4.79 Å². The van der Waals surface area contributed by atoms with Crippen molar-refractivity contribution < 1.29 is 14.3 Å². The molecule has 0 saturated carbocycles. The number of carbonyl (C=O) groups excluding carboxylic acids is 1. The number of nitrogens with one attached hydrogen (secondary N) is 2. The Labute approximate surface area is 176 Å². The zero-order valence-corrected chi connectivity index (χ0v) is 17.1. The molecule has 0 atom stereocenters. The van der Waals surface area contributed by atoms with E-state index in [-0.39, 0.29) is 6.03 Å². The van der Waals surface area contributed by atoms with Crippen LogP contribution >= 0.6 is 11.6 Å². The molecule has 2 N–H and O–H groups in total. The van der Waals surface area contributed by atoms with Gasteiger partial charge in [-0.2, -0.15) is 0 Å². The Kier molecular flexibility index (Phi) is 6.42. The minimum Gasteiger partial charge on any atom is -0.486 e. The van der Waals surface area contributed by atoms with Crippen LogP contribution in [0, 0.1) is 0 Å². The maximum atomic E-state index is 12.1. The van der Waals surface area contributed by atoms with E-state index in [1.165, 1.54) is 31.5 Å². The first-order valence-corrected chi connectivity index (χ1v) is 10.4. The number of hydrogen-bond acceptors (Lipinski definition) is 4. The van der Waals surface area contributed by atoms with Crippen LogP contribution in [0.1, 0.15) is 29.5 Å². The molecule has 0 spiro atoms. The van der Waals surface area contributed by atoms with E-state index in [1.54, 1.807) is 6.07 Å². The van der Waals surface area contributed by atoms with Crippen LogP contribution in [0.5, 0.6) is 11.5 Å². The summed E-state index contributed by atoms with van der Waals surface area (Å²) in [7, 11) is 0. The van der Waals surface area contributed by atoms with Gasteiger partial charge in [-0.25, -0.2) is 4.79 Å². The summed E-state index contributed by atoms with van der Waals surface area (Å²) in [5.74, 6) is 1.19. The second kappa shape index (κ2) is 9.37. The van der Waals surface area contributed by atoms with E-state index in [2.05, 4.69) is 39.8 Å². The fraction of sp³-hybridized carbons (Fsp3) is 0.409. The van der Waals surface area contributed by atoms with Crippen molar-refractivity contribution in [3.05, 3.63) is 58.1 Å². The van der Waals surface area contributed by atoms with Crippen molar-refractivity contribution in [3.8, 4) is 11.5 Å². The van der Waals surface area contributed by atoms with Gasteiger partial charge in [-0.1, -0.05) is 35.9 Å². The van der Waals surface area contributed by atoms with E-state index in [0.717, 1.165) is 17.7 Å². The molecule has 0 bridgehead atoms. The largest absolute Gasteiger partial charge is 0.486 e. The van der Waals surface area contributed by atoms with Crippen molar-refractivity contribution in [1.29, 1.82) is 0 Å². The number of likely N-dealkylation sites (tertiary alicyclic amines) is 1. The third-order valence-electron chi connectivity index (χ3n) is 5.19. The van der Waals surface area contributed by atoms with Crippen molar-refractivity contribution in [3.63, 3.8) is 0 Å². The number of ether oxygens (including phenoxy) is 2. The molecule has 1 fully saturated rings. The zero-order valence-electron chi connectivity index (χ0n) is 16.4. The third-order valence-corrected chi connectivity index (χ3v) is 5.47. The molecule has 2 aromatic rings. The Balaban J connectivity index is 1.23. The highest BCUT2D eigenvalue weighted by molar-refractivity contribution is 6.32. The molecule has 0 aromatic heterocycles. The Morgan fingerprint density at radius 3 is 2.34 bits per heavy atom. The van der Waals surface area contributed by atoms with Crippen molar-refractivity contribution in [2.45, 2.75) is 32.5 Å². The standard InChI is InChI=1S/C22H26ClN3O3/c23-19-11-18(12-20-21(19)29-10-9-28-20)14-25-22(27)24-13-16-3-5-17(6-4-16)15-26-7-1-2-8-26/h3-6,11-12H,1-2,7-10,13-15H2,(H2,24,25,27). The Hall–Kier alpha value is -2.44. The second-order valence-corrected chi connectivity index (χ2v) is 7.85. The van der Waals surface area contributed by atoms with Gasteiger partial charge in [0.1, 0.15) is 13.2 Å². The van der Waals surface area contributed by atoms with Crippen LogP contribution in [-0.4, -0.2) is 37.2 Å². The summed E-state index contributed by atoms with van der Waals surface area (Å²) >= 11 is 6.23. The van der Waals surface area contributed by atoms with Gasteiger partial charge in [-0.15, -0.1) is 0 Å². The summed E-state index contributed by atoms with van der Waals surface area (Å²) in [6, 6.07) is 11.8. The summed E-state index contributed by atoms with van der Waals surface area (Å²) in [5.41, 5.74) is 3.25. The number of nitrogens with zero attached hydrogens (tertiary/aromatic N) is 1. The molecule has 6 nitrogen and oxygen atoms in total. The zero-order chi connectivity index (χ0) is 20.1. The van der Waals surface area contributed by atoms with Crippen LogP contribution in [0.15, 0.2) is 36.4 Å². The molecule has 2 aromatic carbocycles. The molecular formula is C22H26ClN3O3. The number of rotatable bonds is 6. The van der Waals surface area contributed by atoms with Crippen molar-refractivity contribution in [2.75, 3.05) is 26.3 Å². The summed E-state index contributed by atoms with van der Waals surface area (Å²) < 4.78 is 11.1. The summed E-state index contributed by atoms with van der Waals surface area (Å²) in [4.78, 5) is 14.6. The van der Waals surface area contributed by atoms with Crippen molar-refractivity contribution >= 4 is 17.6 Å². The highest BCUT2D eigenvalue weighted by Gasteiger charge is 2.17. The molecule has 2 aliphatic rings. The average Bonchev–Trinajstić information content (AvgIpc) is 3.25. The molecule has 154 valence electrons. The van der Waals surface area contributed by atoms with Gasteiger partial charge in [0.15, 0.2) is 11.5 Å². The quantitative estimate of drug-likeness (QED) is 0.755. The molecule has 0 radical (unpaired) electrons. The molecule has 7 heteroatoms. The van der Waals surface area contributed by atoms with E-state index in [0.29, 0.717) is 42.8 Å². The number of halogens is 1. The number of urea groups is 1. The maximum Gasteiger partial charge on any atom is 0.315 e. The van der Waals surface area contributed by atoms with E-state index < -0.39 is 0 Å². The fourth-order valence-corrected chi connectivity index (χ4v) is 3.94. The summed E-state index contributed by atoms with van der Waals surface area (Å²) in [6.07, 6.45) is 2.60. The van der Waals surface area contributed by atoms with Crippen LogP contribution in [0.2, 0.25) is 5.02 Å². The predicted octanol–water partition coefficient (Wildman–Crippen LogP) is 3.71. The predicted molar refractivity (Wildman–Crippen MR) is 112 cm³/mol. The van der Waals surface area contributed by atoms with Gasteiger partial charge in [0, 0.05) is 19.6 Å². The van der Waals surface area contributed by atoms with Gasteiger partial charge in [0.05, 0.1) is 5.02 Å². The Morgan fingerprint density at radius 1 is 0.931 bits per heavy atom. The maximum absolute atomic E-state index is 12.1. The topological polar surface area (TPSA) is 62.8 Å². The first-order chi connectivity index (χ1) is 14.2. The number of benzene rings is 2. The van der Waals surface area contributed by atoms with E-state index in [1.807, 2.05) is 6.07 Å². The fourth-order valence-electron chi connectivity index (χ4n) is 3.65. The van der Waals surface area contributed by atoms with Gasteiger partial charge in [-0.05, 0) is 54.8 Å². The molecule has 0 aliphatic carbocycles. The number of fused-ring (bicyclic) bond motifs is 1. The molecule has 1 saturated heterocycles. The van der Waals surface area contributed by atoms with E-state index >= 15 is 0 Å². The Morgan fingerprint density at radius 2 is 1.59 bits per heavy atom. The molecule has 29 heavy (non-hydrogen) atoms. The average molecular weight is 416 g/mol. The van der Waals surface area contributed by atoms with Gasteiger partial charge >= 0.3 is 6.03 Å². The third kappa shape index (κ3) is 5.34. The number of hydrogen-bond donors (Lipinski definition) is 2. The minimum atomic E-state index is -0.225. The van der Waals surface area contributed by atoms with Crippen molar-refractivity contribution in [1.82, 2.24) is 15.5 Å². The van der Waals surface area contributed by atoms with Crippen LogP contribution < -0.4 is 20.1 Å². The monoisotopic (exact) mass is 415 g/mol. The molecule has 2 amide bonds. The minimum absolute atomic E-state index is 0.225. The molecule has 0 unspecified atom stereocenters. The molecular weight excluding hydrogens is 390 g/mol. The lowest BCUT2D eigenvalue weighted by Gasteiger charge is -2.20. The normalized spacial score (nSPS) is 15.9. The van der Waals surface area contributed by atoms with Crippen LogP contribution in [-0.2, 0) is 19.6 Å². The van der Waals surface area contributed by atoms with Gasteiger partial charge < -0.3 is 20.1 Å². The van der Waals surface area contributed by atoms with Crippen LogP contribution in [0.25, 0.3) is 0 Å². The first kappa shape index (κ1) is 19.9. The van der Waals surface area contributed by atoms with Gasteiger partial charge in [0.2, 0.25) is 0 Å². The Bertz CT molecular complexity index is 851. The van der Waals surface area contributed by atoms with Crippen molar-refractivity contribution in [2.24, 2.45) is 0 Å². The SMILES string of the molecule is O=C(NCc1ccc(CN2CCCC2)cc1)NCc1cc(Cl)c2c(c1)OCCO2. The summed E-state index contributed by atoms with van der Waals surface area (Å²) in [5, 5.41) is 6.23. The smallest absolute Gasteiger partial charge is 0.315 e. The highest BCUT2D eigenvalue weighted by Crippen LogP contribution is 2.38. The lowest BCUT2D eigenvalue weighted by Crippen LogP contribution is -2.34. The van der Waals surface area contributed by atoms with Gasteiger partial charge in [0.25, 0.3) is 0 Å². The van der Waals surface area contributed by atoms with Crippen LogP contribution in [0.3, 0.4) is 0 Å².